The highest BCUT2D eigenvalue weighted by atomic mass is 127. The summed E-state index contributed by atoms with van der Waals surface area (Å²) in [5, 5.41) is 15.0. The molecule has 0 radical (unpaired) electrons. The molecule has 0 saturated heterocycles. The number of hydrogen-bond acceptors (Lipinski definition) is 3. The Balaban J connectivity index is 0.00000161. The molecule has 6 nitrogen and oxygen atoms in total. The van der Waals surface area contributed by atoms with Crippen LogP contribution >= 0.6 is 24.0 Å². The SMILES string of the molecule is CCNC(=NCc1nnc2ccccn12)NC1CC1C.I. The van der Waals surface area contributed by atoms with Crippen LogP contribution in [0, 0.1) is 5.92 Å². The molecule has 0 aromatic carbocycles. The van der Waals surface area contributed by atoms with Gasteiger partial charge >= 0.3 is 0 Å². The highest BCUT2D eigenvalue weighted by molar-refractivity contribution is 14.0. The zero-order chi connectivity index (χ0) is 13.9. The van der Waals surface area contributed by atoms with Crippen LogP contribution in [0.25, 0.3) is 5.65 Å². The summed E-state index contributed by atoms with van der Waals surface area (Å²) in [4.78, 5) is 4.59. The number of fused-ring (bicyclic) bond motifs is 1. The number of pyridine rings is 1. The second-order valence-corrected chi connectivity index (χ2v) is 5.20. The van der Waals surface area contributed by atoms with Gasteiger partial charge < -0.3 is 10.6 Å². The smallest absolute Gasteiger partial charge is 0.191 e. The van der Waals surface area contributed by atoms with Gasteiger partial charge in [-0.3, -0.25) is 4.40 Å². The lowest BCUT2D eigenvalue weighted by Gasteiger charge is -2.10. The third-order valence-electron chi connectivity index (χ3n) is 3.54. The molecular formula is C14H21IN6. The summed E-state index contributed by atoms with van der Waals surface area (Å²) < 4.78 is 1.97. The summed E-state index contributed by atoms with van der Waals surface area (Å²) >= 11 is 0. The molecule has 114 valence electrons. The number of rotatable bonds is 4. The number of guanidine groups is 1. The van der Waals surface area contributed by atoms with E-state index in [4.69, 9.17) is 0 Å². The van der Waals surface area contributed by atoms with Gasteiger partial charge in [0.25, 0.3) is 0 Å². The van der Waals surface area contributed by atoms with Gasteiger partial charge in [-0.05, 0) is 31.4 Å². The maximum absolute atomic E-state index is 4.59. The molecule has 0 aliphatic heterocycles. The van der Waals surface area contributed by atoms with Gasteiger partial charge in [0.2, 0.25) is 0 Å². The standard InChI is InChI=1S/C14H20N6.HI/c1-3-15-14(17-11-8-10(11)2)16-9-13-19-18-12-6-4-5-7-20(12)13;/h4-7,10-11H,3,8-9H2,1-2H3,(H2,15,16,17);1H. The van der Waals surface area contributed by atoms with Crippen LogP contribution in [0.15, 0.2) is 29.4 Å². The van der Waals surface area contributed by atoms with Crippen molar-refractivity contribution >= 4 is 35.6 Å². The summed E-state index contributed by atoms with van der Waals surface area (Å²) in [5.41, 5.74) is 0.853. The van der Waals surface area contributed by atoms with Crippen molar-refractivity contribution < 1.29 is 0 Å². The Morgan fingerprint density at radius 3 is 2.95 bits per heavy atom. The number of aromatic nitrogens is 3. The van der Waals surface area contributed by atoms with E-state index in [9.17, 15) is 0 Å². The van der Waals surface area contributed by atoms with E-state index >= 15 is 0 Å². The molecule has 0 amide bonds. The fraction of sp³-hybridized carbons (Fsp3) is 0.500. The maximum Gasteiger partial charge on any atom is 0.191 e. The van der Waals surface area contributed by atoms with Crippen LogP contribution in [0.5, 0.6) is 0 Å². The Hall–Kier alpha value is -1.38. The maximum atomic E-state index is 4.59. The molecule has 2 aromatic heterocycles. The molecule has 2 atom stereocenters. The molecule has 2 unspecified atom stereocenters. The number of aliphatic imine (C=N–C) groups is 1. The molecule has 1 aliphatic carbocycles. The predicted octanol–water partition coefficient (Wildman–Crippen LogP) is 1.81. The molecule has 1 aliphatic rings. The molecule has 3 rings (SSSR count). The summed E-state index contributed by atoms with van der Waals surface area (Å²) in [7, 11) is 0. The second-order valence-electron chi connectivity index (χ2n) is 5.20. The van der Waals surface area contributed by atoms with Gasteiger partial charge in [0.15, 0.2) is 17.4 Å². The van der Waals surface area contributed by atoms with Crippen LogP contribution in [0.3, 0.4) is 0 Å². The third kappa shape index (κ3) is 3.84. The molecule has 21 heavy (non-hydrogen) atoms. The van der Waals surface area contributed by atoms with Crippen LogP contribution in [0.2, 0.25) is 0 Å². The van der Waals surface area contributed by atoms with Gasteiger partial charge in [-0.15, -0.1) is 34.2 Å². The van der Waals surface area contributed by atoms with Crippen LogP contribution in [-0.4, -0.2) is 33.1 Å². The lowest BCUT2D eigenvalue weighted by molar-refractivity contribution is 0.759. The summed E-state index contributed by atoms with van der Waals surface area (Å²) in [6.45, 7) is 5.68. The highest BCUT2D eigenvalue weighted by Gasteiger charge is 2.33. The number of hydrogen-bond donors (Lipinski definition) is 2. The van der Waals surface area contributed by atoms with E-state index in [1.54, 1.807) is 0 Å². The molecule has 2 heterocycles. The molecule has 0 spiro atoms. The minimum Gasteiger partial charge on any atom is -0.357 e. The fourth-order valence-electron chi connectivity index (χ4n) is 2.17. The van der Waals surface area contributed by atoms with Gasteiger partial charge in [0, 0.05) is 18.8 Å². The van der Waals surface area contributed by atoms with Crippen LogP contribution in [-0.2, 0) is 6.54 Å². The topological polar surface area (TPSA) is 66.6 Å². The van der Waals surface area contributed by atoms with Crippen LogP contribution in [0.4, 0.5) is 0 Å². The normalized spacial score (nSPS) is 21.0. The van der Waals surface area contributed by atoms with Crippen molar-refractivity contribution in [3.05, 3.63) is 30.2 Å². The van der Waals surface area contributed by atoms with Crippen molar-refractivity contribution in [2.75, 3.05) is 6.54 Å². The summed E-state index contributed by atoms with van der Waals surface area (Å²) in [6, 6.07) is 6.42. The zero-order valence-corrected chi connectivity index (χ0v) is 14.6. The van der Waals surface area contributed by atoms with E-state index in [0.29, 0.717) is 12.6 Å². The Morgan fingerprint density at radius 1 is 1.43 bits per heavy atom. The van der Waals surface area contributed by atoms with Crippen molar-refractivity contribution in [2.24, 2.45) is 10.9 Å². The quantitative estimate of drug-likeness (QED) is 0.467. The molecule has 1 fully saturated rings. The van der Waals surface area contributed by atoms with E-state index < -0.39 is 0 Å². The van der Waals surface area contributed by atoms with E-state index in [2.05, 4.69) is 39.7 Å². The number of nitrogens with zero attached hydrogens (tertiary/aromatic N) is 4. The molecule has 2 aromatic rings. The Labute approximate surface area is 141 Å². The number of nitrogens with one attached hydrogen (secondary N) is 2. The molecular weight excluding hydrogens is 379 g/mol. The first-order valence-electron chi connectivity index (χ1n) is 7.11. The predicted molar refractivity (Wildman–Crippen MR) is 93.9 cm³/mol. The lowest BCUT2D eigenvalue weighted by atomic mass is 10.4. The summed E-state index contributed by atoms with van der Waals surface area (Å²) in [5.74, 6) is 2.45. The van der Waals surface area contributed by atoms with Crippen molar-refractivity contribution in [2.45, 2.75) is 32.9 Å². The molecule has 1 saturated carbocycles. The van der Waals surface area contributed by atoms with Gasteiger partial charge in [-0.1, -0.05) is 13.0 Å². The number of halogens is 1. The monoisotopic (exact) mass is 400 g/mol. The molecule has 0 bridgehead atoms. The average molecular weight is 400 g/mol. The summed E-state index contributed by atoms with van der Waals surface area (Å²) in [6.07, 6.45) is 3.18. The lowest BCUT2D eigenvalue weighted by Crippen LogP contribution is -2.39. The van der Waals surface area contributed by atoms with Crippen LogP contribution < -0.4 is 10.6 Å². The van der Waals surface area contributed by atoms with Gasteiger partial charge in [0.05, 0.1) is 0 Å². The Morgan fingerprint density at radius 2 is 2.24 bits per heavy atom. The van der Waals surface area contributed by atoms with E-state index in [1.807, 2.05) is 28.8 Å². The molecule has 2 N–H and O–H groups in total. The van der Waals surface area contributed by atoms with Crippen molar-refractivity contribution in [1.82, 2.24) is 25.2 Å². The fourth-order valence-corrected chi connectivity index (χ4v) is 2.17. The van der Waals surface area contributed by atoms with Gasteiger partial charge in [-0.25, -0.2) is 4.99 Å². The Bertz CT molecular complexity index is 623. The van der Waals surface area contributed by atoms with Gasteiger partial charge in [0.1, 0.15) is 6.54 Å². The highest BCUT2D eigenvalue weighted by Crippen LogP contribution is 2.28. The van der Waals surface area contributed by atoms with Crippen molar-refractivity contribution in [1.29, 1.82) is 0 Å². The zero-order valence-electron chi connectivity index (χ0n) is 12.3. The first-order valence-corrected chi connectivity index (χ1v) is 7.11. The largest absolute Gasteiger partial charge is 0.357 e. The third-order valence-corrected chi connectivity index (χ3v) is 3.54. The minimum absolute atomic E-state index is 0. The second kappa shape index (κ2) is 7.06. The van der Waals surface area contributed by atoms with E-state index in [0.717, 1.165) is 29.9 Å². The minimum atomic E-state index is 0. The van der Waals surface area contributed by atoms with E-state index in [-0.39, 0.29) is 24.0 Å². The van der Waals surface area contributed by atoms with Crippen molar-refractivity contribution in [3.8, 4) is 0 Å². The van der Waals surface area contributed by atoms with Crippen molar-refractivity contribution in [3.63, 3.8) is 0 Å². The van der Waals surface area contributed by atoms with Crippen LogP contribution in [0.1, 0.15) is 26.1 Å². The first kappa shape index (κ1) is 16.0. The molecule has 7 heteroatoms. The first-order chi connectivity index (χ1) is 9.78. The van der Waals surface area contributed by atoms with Gasteiger partial charge in [-0.2, -0.15) is 0 Å². The Kier molecular flexibility index (Phi) is 5.38. The average Bonchev–Trinajstić information content (AvgIpc) is 3.00. The van der Waals surface area contributed by atoms with E-state index in [1.165, 1.54) is 6.42 Å².